The number of rotatable bonds is 3. The minimum absolute atomic E-state index is 0.0970. The zero-order chi connectivity index (χ0) is 23.3. The van der Waals surface area contributed by atoms with Gasteiger partial charge in [-0.1, -0.05) is 11.3 Å². The third-order valence-electron chi connectivity index (χ3n) is 6.25. The Hall–Kier alpha value is -3.99. The van der Waals surface area contributed by atoms with E-state index in [0.29, 0.717) is 43.4 Å². The minimum Gasteiger partial charge on any atom is -0.439 e. The summed E-state index contributed by atoms with van der Waals surface area (Å²) in [5.74, 6) is 2.31. The Morgan fingerprint density at radius 2 is 2.00 bits per heavy atom. The molecule has 3 aromatic heterocycles. The van der Waals surface area contributed by atoms with Gasteiger partial charge in [-0.3, -0.25) is 10.1 Å². The van der Waals surface area contributed by atoms with E-state index in [0.717, 1.165) is 38.5 Å². The van der Waals surface area contributed by atoms with Crippen molar-refractivity contribution in [3.05, 3.63) is 63.7 Å². The number of amides is 1. The molecule has 1 saturated heterocycles. The quantitative estimate of drug-likeness (QED) is 0.456. The molecule has 1 amide bonds. The first kappa shape index (κ1) is 20.6. The van der Waals surface area contributed by atoms with Crippen molar-refractivity contribution < 1.29 is 14.3 Å². The van der Waals surface area contributed by atoms with Crippen LogP contribution in [0, 0.1) is 6.92 Å². The second-order valence-electron chi connectivity index (χ2n) is 8.34. The molecule has 5 heterocycles. The van der Waals surface area contributed by atoms with E-state index in [-0.39, 0.29) is 4.87 Å². The smallest absolute Gasteiger partial charge is 0.413 e. The highest BCUT2D eigenvalue weighted by atomic mass is 32.1. The van der Waals surface area contributed by atoms with Crippen LogP contribution in [0.5, 0.6) is 11.6 Å². The van der Waals surface area contributed by atoms with Crippen LogP contribution < -0.4 is 19.8 Å². The molecule has 0 saturated carbocycles. The van der Waals surface area contributed by atoms with Crippen LogP contribution in [0.3, 0.4) is 0 Å². The topological polar surface area (TPSA) is 122 Å². The molecule has 0 atom stereocenters. The van der Waals surface area contributed by atoms with Gasteiger partial charge in [0.1, 0.15) is 29.3 Å². The fourth-order valence-corrected chi connectivity index (χ4v) is 5.47. The Morgan fingerprint density at radius 3 is 2.85 bits per heavy atom. The number of carbonyl (C=O) groups is 1. The first-order valence-electron chi connectivity index (χ1n) is 10.8. The van der Waals surface area contributed by atoms with E-state index in [4.69, 9.17) is 9.47 Å². The molecule has 0 bridgehead atoms. The molecular weight excluding hydrogens is 456 g/mol. The number of carbonyl (C=O) groups excluding carboxylic acids is 1. The number of H-pyrrole nitrogens is 1. The van der Waals surface area contributed by atoms with Gasteiger partial charge < -0.3 is 19.4 Å². The maximum atomic E-state index is 12.1. The Kier molecular flexibility index (Phi) is 4.73. The summed E-state index contributed by atoms with van der Waals surface area (Å²) in [6, 6.07) is 9.30. The highest BCUT2D eigenvalue weighted by molar-refractivity contribution is 7.16. The molecular formula is C23H20N6O4S. The molecule has 1 aromatic carbocycles. The van der Waals surface area contributed by atoms with Crippen LogP contribution in [0.1, 0.15) is 24.0 Å². The first-order valence-corrected chi connectivity index (χ1v) is 11.6. The maximum absolute atomic E-state index is 12.1. The molecule has 1 spiro atoms. The number of fused-ring (bicyclic) bond motifs is 3. The van der Waals surface area contributed by atoms with Crippen molar-refractivity contribution in [3.8, 4) is 11.6 Å². The molecule has 34 heavy (non-hydrogen) atoms. The van der Waals surface area contributed by atoms with Gasteiger partial charge in [0, 0.05) is 49.8 Å². The van der Waals surface area contributed by atoms with Crippen LogP contribution >= 0.6 is 11.3 Å². The Labute approximate surface area is 197 Å². The summed E-state index contributed by atoms with van der Waals surface area (Å²) in [5, 5.41) is 2.68. The van der Waals surface area contributed by atoms with Crippen LogP contribution in [-0.4, -0.2) is 39.1 Å². The molecule has 0 radical (unpaired) electrons. The van der Waals surface area contributed by atoms with Crippen molar-refractivity contribution in [2.45, 2.75) is 25.4 Å². The molecule has 2 N–H and O–H groups in total. The fourth-order valence-electron chi connectivity index (χ4n) is 4.62. The third kappa shape index (κ3) is 3.54. The van der Waals surface area contributed by atoms with Crippen molar-refractivity contribution in [3.63, 3.8) is 0 Å². The maximum Gasteiger partial charge on any atom is 0.413 e. The Morgan fingerprint density at radius 1 is 1.15 bits per heavy atom. The summed E-state index contributed by atoms with van der Waals surface area (Å²) in [6.07, 6.45) is 3.88. The molecule has 0 aliphatic carbocycles. The molecule has 2 aliphatic rings. The molecule has 10 nitrogen and oxygen atoms in total. The van der Waals surface area contributed by atoms with E-state index in [9.17, 15) is 9.59 Å². The van der Waals surface area contributed by atoms with Crippen molar-refractivity contribution in [1.82, 2.24) is 19.9 Å². The minimum atomic E-state index is -0.695. The van der Waals surface area contributed by atoms with Gasteiger partial charge in [-0.05, 0) is 30.7 Å². The van der Waals surface area contributed by atoms with E-state index >= 15 is 0 Å². The average molecular weight is 477 g/mol. The van der Waals surface area contributed by atoms with Crippen LogP contribution in [0.15, 0.2) is 47.7 Å². The van der Waals surface area contributed by atoms with E-state index < -0.39 is 11.7 Å². The zero-order valence-corrected chi connectivity index (χ0v) is 19.0. The number of benzene rings is 1. The van der Waals surface area contributed by atoms with Gasteiger partial charge in [-0.15, -0.1) is 0 Å². The van der Waals surface area contributed by atoms with Gasteiger partial charge in [0.2, 0.25) is 5.88 Å². The summed E-state index contributed by atoms with van der Waals surface area (Å²) in [5.41, 5.74) is 1.95. The average Bonchev–Trinajstić information content (AvgIpc) is 3.20. The molecule has 6 rings (SSSR count). The predicted molar refractivity (Wildman–Crippen MR) is 127 cm³/mol. The molecule has 172 valence electrons. The highest BCUT2D eigenvalue weighted by Gasteiger charge is 2.45. The Bertz CT molecular complexity index is 1470. The van der Waals surface area contributed by atoms with Crippen LogP contribution in [0.2, 0.25) is 0 Å². The number of ether oxygens (including phenoxy) is 2. The Balaban J connectivity index is 1.22. The summed E-state index contributed by atoms with van der Waals surface area (Å²) in [7, 11) is 0. The van der Waals surface area contributed by atoms with E-state index in [2.05, 4.69) is 30.2 Å². The van der Waals surface area contributed by atoms with Gasteiger partial charge in [0.15, 0.2) is 0 Å². The van der Waals surface area contributed by atoms with E-state index in [1.54, 1.807) is 12.3 Å². The van der Waals surface area contributed by atoms with E-state index in [1.165, 1.54) is 6.33 Å². The van der Waals surface area contributed by atoms with Crippen molar-refractivity contribution in [2.24, 2.45) is 0 Å². The van der Waals surface area contributed by atoms with Gasteiger partial charge in [-0.25, -0.2) is 19.7 Å². The number of aromatic nitrogens is 4. The van der Waals surface area contributed by atoms with Gasteiger partial charge in [0.05, 0.1) is 10.2 Å². The van der Waals surface area contributed by atoms with E-state index in [1.807, 2.05) is 31.2 Å². The van der Waals surface area contributed by atoms with Crippen molar-refractivity contribution >= 4 is 39.3 Å². The number of thiazole rings is 1. The van der Waals surface area contributed by atoms with Crippen molar-refractivity contribution in [2.75, 3.05) is 23.3 Å². The van der Waals surface area contributed by atoms with Gasteiger partial charge >= 0.3 is 11.0 Å². The third-order valence-corrected chi connectivity index (χ3v) is 7.08. The number of anilines is 2. The lowest BCUT2D eigenvalue weighted by Gasteiger charge is -2.44. The normalized spacial score (nSPS) is 16.7. The lowest BCUT2D eigenvalue weighted by molar-refractivity contribution is -0.00853. The lowest BCUT2D eigenvalue weighted by atomic mass is 9.83. The van der Waals surface area contributed by atoms with Crippen LogP contribution in [0.25, 0.3) is 10.2 Å². The fraction of sp³-hybridized carbons (Fsp3) is 0.261. The summed E-state index contributed by atoms with van der Waals surface area (Å²) in [6.45, 7) is 3.20. The highest BCUT2D eigenvalue weighted by Crippen LogP contribution is 2.43. The standard InChI is InChI=1S/C23H20N6O4S/c1-13-9-14(10-16-19(13)27-22(31)34-16)32-18-11-17(25-12-26-18)29-7-4-23(5-8-29)15-3-2-6-24-20(15)28-21(30)33-23/h2-3,6,9-12H,4-5,7-8H2,1H3,(H,27,31)(H,24,28,30). The zero-order valence-electron chi connectivity index (χ0n) is 18.2. The number of pyridine rings is 1. The molecule has 4 aromatic rings. The number of nitrogens with one attached hydrogen (secondary N) is 2. The number of hydrogen-bond acceptors (Lipinski definition) is 9. The predicted octanol–water partition coefficient (Wildman–Crippen LogP) is 3.93. The SMILES string of the molecule is Cc1cc(Oc2cc(N3CCC4(CC3)OC(=O)Nc3ncccc34)ncn2)cc2sc(=O)[nH]c12. The number of nitrogens with zero attached hydrogens (tertiary/aromatic N) is 4. The largest absolute Gasteiger partial charge is 0.439 e. The number of aromatic amines is 1. The summed E-state index contributed by atoms with van der Waals surface area (Å²) < 4.78 is 12.6. The second kappa shape index (κ2) is 7.80. The lowest BCUT2D eigenvalue weighted by Crippen LogP contribution is -2.48. The molecule has 2 aliphatic heterocycles. The van der Waals surface area contributed by atoms with Gasteiger partial charge in [0.25, 0.3) is 0 Å². The summed E-state index contributed by atoms with van der Waals surface area (Å²) in [4.78, 5) is 41.7. The van der Waals surface area contributed by atoms with Crippen molar-refractivity contribution in [1.29, 1.82) is 0 Å². The monoisotopic (exact) mass is 476 g/mol. The first-order chi connectivity index (χ1) is 16.5. The number of hydrogen-bond donors (Lipinski definition) is 2. The molecule has 1 fully saturated rings. The molecule has 0 unspecified atom stereocenters. The summed E-state index contributed by atoms with van der Waals surface area (Å²) >= 11 is 1.15. The second-order valence-corrected chi connectivity index (χ2v) is 9.35. The van der Waals surface area contributed by atoms with Crippen LogP contribution in [0.4, 0.5) is 16.4 Å². The van der Waals surface area contributed by atoms with Crippen LogP contribution in [-0.2, 0) is 10.3 Å². The van der Waals surface area contributed by atoms with Gasteiger partial charge in [-0.2, -0.15) is 0 Å². The number of piperidine rings is 1. The number of aryl methyl sites for hydroxylation is 1. The molecule has 11 heteroatoms.